The van der Waals surface area contributed by atoms with Crippen LogP contribution in [-0.2, 0) is 11.2 Å². The SMILES string of the molecule is NC(=O)c1ccc(Oc2ccc(CC(=O)O)cc2)nn1. The number of carboxylic acid groups (broad SMARTS) is 1. The highest BCUT2D eigenvalue weighted by atomic mass is 16.5. The van der Waals surface area contributed by atoms with Crippen molar-refractivity contribution in [3.63, 3.8) is 0 Å². The van der Waals surface area contributed by atoms with Crippen LogP contribution in [0.4, 0.5) is 0 Å². The molecule has 0 spiro atoms. The summed E-state index contributed by atoms with van der Waals surface area (Å²) in [7, 11) is 0. The molecule has 20 heavy (non-hydrogen) atoms. The zero-order chi connectivity index (χ0) is 14.5. The van der Waals surface area contributed by atoms with E-state index in [9.17, 15) is 9.59 Å². The molecule has 1 aromatic carbocycles. The first-order valence-corrected chi connectivity index (χ1v) is 5.67. The van der Waals surface area contributed by atoms with Crippen LogP contribution in [0.5, 0.6) is 11.6 Å². The molecule has 3 N–H and O–H groups in total. The van der Waals surface area contributed by atoms with Crippen molar-refractivity contribution in [2.75, 3.05) is 0 Å². The summed E-state index contributed by atoms with van der Waals surface area (Å²) in [5.74, 6) is -0.866. The molecule has 1 aromatic heterocycles. The van der Waals surface area contributed by atoms with Gasteiger partial charge in [0.2, 0.25) is 5.88 Å². The van der Waals surface area contributed by atoms with Crippen molar-refractivity contribution in [3.8, 4) is 11.6 Å². The van der Waals surface area contributed by atoms with E-state index in [-0.39, 0.29) is 18.0 Å². The van der Waals surface area contributed by atoms with E-state index < -0.39 is 11.9 Å². The minimum Gasteiger partial charge on any atom is -0.481 e. The maximum absolute atomic E-state index is 10.8. The number of nitrogens with two attached hydrogens (primary N) is 1. The summed E-state index contributed by atoms with van der Waals surface area (Å²) in [6.45, 7) is 0. The molecular formula is C13H11N3O4. The Morgan fingerprint density at radius 3 is 2.30 bits per heavy atom. The van der Waals surface area contributed by atoms with E-state index in [0.717, 1.165) is 0 Å². The number of rotatable bonds is 5. The normalized spacial score (nSPS) is 10.0. The number of ether oxygens (including phenoxy) is 1. The average molecular weight is 273 g/mol. The van der Waals surface area contributed by atoms with Crippen molar-refractivity contribution >= 4 is 11.9 Å². The second-order valence-electron chi connectivity index (χ2n) is 3.94. The van der Waals surface area contributed by atoms with Gasteiger partial charge in [0.05, 0.1) is 6.42 Å². The van der Waals surface area contributed by atoms with Crippen molar-refractivity contribution in [3.05, 3.63) is 47.7 Å². The summed E-state index contributed by atoms with van der Waals surface area (Å²) in [4.78, 5) is 21.4. The van der Waals surface area contributed by atoms with Crippen LogP contribution in [0.1, 0.15) is 16.1 Å². The predicted molar refractivity (Wildman–Crippen MR) is 68.4 cm³/mol. The minimum absolute atomic E-state index is 0.0482. The minimum atomic E-state index is -0.897. The van der Waals surface area contributed by atoms with Gasteiger partial charge < -0.3 is 15.6 Å². The summed E-state index contributed by atoms with van der Waals surface area (Å²) in [6.07, 6.45) is -0.0482. The number of amides is 1. The van der Waals surface area contributed by atoms with Gasteiger partial charge in [0.1, 0.15) is 5.75 Å². The molecular weight excluding hydrogens is 262 g/mol. The third-order valence-corrected chi connectivity index (χ3v) is 2.39. The van der Waals surface area contributed by atoms with E-state index in [1.165, 1.54) is 12.1 Å². The molecule has 2 rings (SSSR count). The Labute approximate surface area is 114 Å². The predicted octanol–water partition coefficient (Wildman–Crippen LogP) is 0.995. The zero-order valence-electron chi connectivity index (χ0n) is 10.3. The first kappa shape index (κ1) is 13.5. The summed E-state index contributed by atoms with van der Waals surface area (Å²) in [6, 6.07) is 9.43. The second kappa shape index (κ2) is 5.79. The van der Waals surface area contributed by atoms with E-state index in [4.69, 9.17) is 15.6 Å². The molecule has 1 amide bonds. The Hall–Kier alpha value is -2.96. The lowest BCUT2D eigenvalue weighted by molar-refractivity contribution is -0.136. The molecule has 2 aromatic rings. The largest absolute Gasteiger partial charge is 0.481 e. The first-order valence-electron chi connectivity index (χ1n) is 5.67. The van der Waals surface area contributed by atoms with Gasteiger partial charge in [0, 0.05) is 6.07 Å². The highest BCUT2D eigenvalue weighted by molar-refractivity contribution is 5.90. The van der Waals surface area contributed by atoms with Gasteiger partial charge in [0.15, 0.2) is 5.69 Å². The van der Waals surface area contributed by atoms with Crippen LogP contribution in [0.2, 0.25) is 0 Å². The van der Waals surface area contributed by atoms with E-state index >= 15 is 0 Å². The lowest BCUT2D eigenvalue weighted by Gasteiger charge is -2.05. The molecule has 0 fully saturated rings. The Balaban J connectivity index is 2.06. The van der Waals surface area contributed by atoms with Gasteiger partial charge in [-0.15, -0.1) is 10.2 Å². The fourth-order valence-corrected chi connectivity index (χ4v) is 1.48. The number of primary amides is 1. The van der Waals surface area contributed by atoms with Crippen molar-refractivity contribution in [2.24, 2.45) is 5.73 Å². The van der Waals surface area contributed by atoms with E-state index in [1.807, 2.05) is 0 Å². The van der Waals surface area contributed by atoms with Crippen LogP contribution < -0.4 is 10.5 Å². The number of aliphatic carboxylic acids is 1. The van der Waals surface area contributed by atoms with Gasteiger partial charge in [-0.3, -0.25) is 9.59 Å². The molecule has 0 aliphatic carbocycles. The third-order valence-electron chi connectivity index (χ3n) is 2.39. The zero-order valence-corrected chi connectivity index (χ0v) is 10.3. The smallest absolute Gasteiger partial charge is 0.307 e. The van der Waals surface area contributed by atoms with Gasteiger partial charge >= 0.3 is 5.97 Å². The standard InChI is InChI=1S/C13H11N3O4/c14-13(19)10-5-6-11(16-15-10)20-9-3-1-8(2-4-9)7-12(17)18/h1-6H,7H2,(H2,14,19)(H,17,18). The van der Waals surface area contributed by atoms with E-state index in [2.05, 4.69) is 10.2 Å². The molecule has 0 atom stereocenters. The van der Waals surface area contributed by atoms with Crippen molar-refractivity contribution in [1.29, 1.82) is 0 Å². The molecule has 0 unspecified atom stereocenters. The number of hydrogen-bond acceptors (Lipinski definition) is 5. The molecule has 102 valence electrons. The number of carbonyl (C=O) groups is 2. The fourth-order valence-electron chi connectivity index (χ4n) is 1.48. The van der Waals surface area contributed by atoms with Crippen LogP contribution in [0, 0.1) is 0 Å². The Morgan fingerprint density at radius 2 is 1.80 bits per heavy atom. The highest BCUT2D eigenvalue weighted by Crippen LogP contribution is 2.19. The Bertz CT molecular complexity index is 623. The van der Waals surface area contributed by atoms with Crippen LogP contribution in [0.25, 0.3) is 0 Å². The van der Waals surface area contributed by atoms with Crippen LogP contribution in [0.15, 0.2) is 36.4 Å². The summed E-state index contributed by atoms with van der Waals surface area (Å²) < 4.78 is 5.40. The van der Waals surface area contributed by atoms with Gasteiger partial charge in [-0.2, -0.15) is 0 Å². The fraction of sp³-hybridized carbons (Fsp3) is 0.0769. The molecule has 1 heterocycles. The molecule has 7 heteroatoms. The summed E-state index contributed by atoms with van der Waals surface area (Å²) >= 11 is 0. The van der Waals surface area contributed by atoms with E-state index in [1.54, 1.807) is 24.3 Å². The third kappa shape index (κ3) is 3.52. The maximum atomic E-state index is 10.8. The quantitative estimate of drug-likeness (QED) is 0.839. The number of carboxylic acids is 1. The average Bonchev–Trinajstić information content (AvgIpc) is 2.41. The molecule has 0 bridgehead atoms. The maximum Gasteiger partial charge on any atom is 0.307 e. The molecule has 0 aliphatic rings. The summed E-state index contributed by atoms with van der Waals surface area (Å²) in [5.41, 5.74) is 5.76. The lowest BCUT2D eigenvalue weighted by Crippen LogP contribution is -2.13. The van der Waals surface area contributed by atoms with Gasteiger partial charge in [-0.1, -0.05) is 12.1 Å². The highest BCUT2D eigenvalue weighted by Gasteiger charge is 2.05. The topological polar surface area (TPSA) is 115 Å². The lowest BCUT2D eigenvalue weighted by atomic mass is 10.1. The van der Waals surface area contributed by atoms with Crippen LogP contribution in [-0.4, -0.2) is 27.2 Å². The summed E-state index contributed by atoms with van der Waals surface area (Å²) in [5, 5.41) is 16.0. The molecule has 0 aliphatic heterocycles. The van der Waals surface area contributed by atoms with Crippen molar-refractivity contribution in [1.82, 2.24) is 10.2 Å². The van der Waals surface area contributed by atoms with Gasteiger partial charge in [0.25, 0.3) is 5.91 Å². The number of aromatic nitrogens is 2. The van der Waals surface area contributed by atoms with Gasteiger partial charge in [-0.25, -0.2) is 0 Å². The van der Waals surface area contributed by atoms with Crippen LogP contribution >= 0.6 is 0 Å². The number of carbonyl (C=O) groups excluding carboxylic acids is 1. The van der Waals surface area contributed by atoms with Crippen molar-refractivity contribution in [2.45, 2.75) is 6.42 Å². The second-order valence-corrected chi connectivity index (χ2v) is 3.94. The van der Waals surface area contributed by atoms with E-state index in [0.29, 0.717) is 11.3 Å². The Kier molecular flexibility index (Phi) is 3.90. The van der Waals surface area contributed by atoms with Crippen LogP contribution in [0.3, 0.4) is 0 Å². The molecule has 7 nitrogen and oxygen atoms in total. The Morgan fingerprint density at radius 1 is 1.10 bits per heavy atom. The molecule has 0 saturated heterocycles. The number of benzene rings is 1. The van der Waals surface area contributed by atoms with Crippen molar-refractivity contribution < 1.29 is 19.4 Å². The van der Waals surface area contributed by atoms with Gasteiger partial charge in [-0.05, 0) is 23.8 Å². The first-order chi connectivity index (χ1) is 9.54. The number of hydrogen-bond donors (Lipinski definition) is 2. The molecule has 0 saturated carbocycles. The molecule has 0 radical (unpaired) electrons. The monoisotopic (exact) mass is 273 g/mol. The number of nitrogens with zero attached hydrogens (tertiary/aromatic N) is 2.